The van der Waals surface area contributed by atoms with Gasteiger partial charge in [0.1, 0.15) is 11.9 Å². The average molecular weight is 314 g/mol. The van der Waals surface area contributed by atoms with Crippen molar-refractivity contribution in [2.45, 2.75) is 45.6 Å². The summed E-state index contributed by atoms with van der Waals surface area (Å²) in [6.45, 7) is 4.24. The Labute approximate surface area is 135 Å². The van der Waals surface area contributed by atoms with Crippen LogP contribution in [0.3, 0.4) is 0 Å². The topological polar surface area (TPSA) is 56.5 Å². The van der Waals surface area contributed by atoms with Gasteiger partial charge < -0.3 is 9.15 Å². The minimum absolute atomic E-state index is 0.0947. The summed E-state index contributed by atoms with van der Waals surface area (Å²) in [4.78, 5) is 25.2. The van der Waals surface area contributed by atoms with Crippen molar-refractivity contribution < 1.29 is 18.7 Å². The first-order valence-electron chi connectivity index (χ1n) is 8.38. The molecule has 5 unspecified atom stereocenters. The minimum Gasteiger partial charge on any atom is -0.472 e. The number of Topliss-reactive ketones (excluding diaryl/α,β-unsaturated/α-hetero) is 1. The molecule has 0 spiro atoms. The van der Waals surface area contributed by atoms with E-state index in [1.54, 1.807) is 12.5 Å². The first-order valence-corrected chi connectivity index (χ1v) is 8.38. The summed E-state index contributed by atoms with van der Waals surface area (Å²) in [6.07, 6.45) is 9.89. The zero-order valence-corrected chi connectivity index (χ0v) is 13.6. The quantitative estimate of drug-likeness (QED) is 0.584. The third kappa shape index (κ3) is 1.97. The van der Waals surface area contributed by atoms with Gasteiger partial charge in [-0.05, 0) is 36.7 Å². The van der Waals surface area contributed by atoms with Gasteiger partial charge in [-0.25, -0.2) is 0 Å². The van der Waals surface area contributed by atoms with Crippen molar-refractivity contribution in [3.8, 4) is 0 Å². The molecule has 0 amide bonds. The number of carbonyl (C=O) groups excluding carboxylic acids is 2. The Hall–Kier alpha value is -1.84. The lowest BCUT2D eigenvalue weighted by Crippen LogP contribution is -2.57. The molecule has 1 aromatic rings. The van der Waals surface area contributed by atoms with E-state index < -0.39 is 0 Å². The zero-order valence-electron chi connectivity index (χ0n) is 13.6. The van der Waals surface area contributed by atoms with Gasteiger partial charge in [-0.1, -0.05) is 26.0 Å². The van der Waals surface area contributed by atoms with Crippen molar-refractivity contribution in [3.05, 3.63) is 36.3 Å². The molecule has 0 N–H and O–H groups in total. The predicted octanol–water partition coefficient (Wildman–Crippen LogP) is 3.84. The molecule has 0 radical (unpaired) electrons. The smallest absolute Gasteiger partial charge is 0.310 e. The summed E-state index contributed by atoms with van der Waals surface area (Å²) in [5.74, 6) is 0.151. The van der Waals surface area contributed by atoms with Crippen LogP contribution in [0.25, 0.3) is 0 Å². The van der Waals surface area contributed by atoms with Crippen molar-refractivity contribution >= 4 is 11.8 Å². The molecule has 2 fully saturated rings. The molecule has 4 nitrogen and oxygen atoms in total. The van der Waals surface area contributed by atoms with Crippen LogP contribution in [0, 0.1) is 22.7 Å². The number of ketones is 1. The number of cyclic esters (lactones) is 1. The number of esters is 1. The van der Waals surface area contributed by atoms with Crippen LogP contribution in [-0.4, -0.2) is 11.8 Å². The summed E-state index contributed by atoms with van der Waals surface area (Å²) in [6, 6.07) is 1.85. The fourth-order valence-corrected chi connectivity index (χ4v) is 5.13. The number of carbonyl (C=O) groups is 2. The van der Waals surface area contributed by atoms with E-state index in [0.29, 0.717) is 12.2 Å². The Balaban J connectivity index is 1.75. The maximum Gasteiger partial charge on any atom is 0.310 e. The van der Waals surface area contributed by atoms with Gasteiger partial charge >= 0.3 is 5.97 Å². The molecule has 1 aromatic heterocycles. The highest BCUT2D eigenvalue weighted by molar-refractivity contribution is 5.88. The van der Waals surface area contributed by atoms with Crippen molar-refractivity contribution in [2.75, 3.05) is 0 Å². The van der Waals surface area contributed by atoms with Crippen LogP contribution in [0.4, 0.5) is 0 Å². The molecular formula is C19H22O4. The van der Waals surface area contributed by atoms with E-state index >= 15 is 0 Å². The van der Waals surface area contributed by atoms with E-state index in [1.165, 1.54) is 0 Å². The maximum absolute atomic E-state index is 12.6. The molecular weight excluding hydrogens is 292 g/mol. The van der Waals surface area contributed by atoms with Gasteiger partial charge in [-0.3, -0.25) is 9.59 Å². The molecule has 1 aliphatic heterocycles. The van der Waals surface area contributed by atoms with Gasteiger partial charge in [0.05, 0.1) is 18.4 Å². The van der Waals surface area contributed by atoms with Crippen LogP contribution >= 0.6 is 0 Å². The molecule has 23 heavy (non-hydrogen) atoms. The Morgan fingerprint density at radius 3 is 2.83 bits per heavy atom. The number of ether oxygens (including phenoxy) is 1. The van der Waals surface area contributed by atoms with Crippen molar-refractivity contribution in [1.29, 1.82) is 0 Å². The van der Waals surface area contributed by atoms with Crippen molar-refractivity contribution in [1.82, 2.24) is 0 Å². The van der Waals surface area contributed by atoms with Gasteiger partial charge in [-0.2, -0.15) is 0 Å². The molecule has 0 aromatic carbocycles. The SMILES string of the molecule is CC12CCC3C(=O)OC(c4ccoc4)CC3(C)C1C=CCC2=O. The van der Waals surface area contributed by atoms with Crippen LogP contribution in [0.5, 0.6) is 0 Å². The van der Waals surface area contributed by atoms with E-state index in [9.17, 15) is 9.59 Å². The number of rotatable bonds is 1. The van der Waals surface area contributed by atoms with E-state index in [-0.39, 0.29) is 34.7 Å². The van der Waals surface area contributed by atoms with Gasteiger partial charge in [0.2, 0.25) is 0 Å². The van der Waals surface area contributed by atoms with E-state index in [1.807, 2.05) is 12.1 Å². The normalized spacial score (nSPS) is 42.8. The summed E-state index contributed by atoms with van der Waals surface area (Å²) >= 11 is 0. The predicted molar refractivity (Wildman–Crippen MR) is 83.4 cm³/mol. The lowest BCUT2D eigenvalue weighted by molar-refractivity contribution is -0.189. The molecule has 1 saturated heterocycles. The van der Waals surface area contributed by atoms with Gasteiger partial charge in [0.15, 0.2) is 0 Å². The summed E-state index contributed by atoms with van der Waals surface area (Å²) in [5.41, 5.74) is 0.298. The number of allylic oxidation sites excluding steroid dienone is 2. The van der Waals surface area contributed by atoms with Gasteiger partial charge in [0.25, 0.3) is 0 Å². The second-order valence-electron chi connectivity index (χ2n) is 7.73. The standard InChI is InChI=1S/C19H22O4/c1-18-8-6-13-17(21)23-14(12-7-9-22-11-12)10-19(13,2)15(18)4-3-5-16(18)20/h3-4,7,9,11,13-15H,5-6,8,10H2,1-2H3. The Morgan fingerprint density at radius 2 is 2.09 bits per heavy atom. The largest absolute Gasteiger partial charge is 0.472 e. The second kappa shape index (κ2) is 4.83. The Kier molecular flexibility index (Phi) is 3.09. The highest BCUT2D eigenvalue weighted by Crippen LogP contribution is 2.62. The Morgan fingerprint density at radius 1 is 1.26 bits per heavy atom. The Bertz CT molecular complexity index is 674. The third-order valence-electron chi connectivity index (χ3n) is 6.50. The van der Waals surface area contributed by atoms with Crippen LogP contribution < -0.4 is 0 Å². The minimum atomic E-state index is -0.349. The van der Waals surface area contributed by atoms with Crippen molar-refractivity contribution in [2.24, 2.45) is 22.7 Å². The van der Waals surface area contributed by atoms with Crippen LogP contribution in [0.2, 0.25) is 0 Å². The molecule has 1 saturated carbocycles. The monoisotopic (exact) mass is 314 g/mol. The summed E-state index contributed by atoms with van der Waals surface area (Å²) in [7, 11) is 0. The molecule has 2 heterocycles. The van der Waals surface area contributed by atoms with E-state index in [2.05, 4.69) is 19.9 Å². The lowest BCUT2D eigenvalue weighted by atomic mass is 9.47. The van der Waals surface area contributed by atoms with E-state index in [4.69, 9.17) is 9.15 Å². The second-order valence-corrected chi connectivity index (χ2v) is 7.73. The molecule has 0 bridgehead atoms. The van der Waals surface area contributed by atoms with Crippen LogP contribution in [0.1, 0.15) is 51.2 Å². The number of furan rings is 1. The fourth-order valence-electron chi connectivity index (χ4n) is 5.13. The van der Waals surface area contributed by atoms with Gasteiger partial charge in [-0.15, -0.1) is 0 Å². The summed E-state index contributed by atoms with van der Waals surface area (Å²) in [5, 5.41) is 0. The number of hydrogen-bond donors (Lipinski definition) is 0. The zero-order chi connectivity index (χ0) is 16.2. The fraction of sp³-hybridized carbons (Fsp3) is 0.579. The first kappa shape index (κ1) is 14.7. The lowest BCUT2D eigenvalue weighted by Gasteiger charge is -2.57. The molecule has 4 rings (SSSR count). The molecule has 2 aliphatic carbocycles. The molecule has 4 heteroatoms. The van der Waals surface area contributed by atoms with Crippen molar-refractivity contribution in [3.63, 3.8) is 0 Å². The average Bonchev–Trinajstić information content (AvgIpc) is 3.03. The first-order chi connectivity index (χ1) is 10.9. The number of hydrogen-bond acceptors (Lipinski definition) is 4. The van der Waals surface area contributed by atoms with Gasteiger partial charge in [0, 0.05) is 17.4 Å². The summed E-state index contributed by atoms with van der Waals surface area (Å²) < 4.78 is 10.9. The van der Waals surface area contributed by atoms with E-state index in [0.717, 1.165) is 24.8 Å². The highest BCUT2D eigenvalue weighted by Gasteiger charge is 2.61. The highest BCUT2D eigenvalue weighted by atomic mass is 16.5. The number of fused-ring (bicyclic) bond motifs is 3. The third-order valence-corrected chi connectivity index (χ3v) is 6.50. The van der Waals surface area contributed by atoms with Crippen LogP contribution in [-0.2, 0) is 14.3 Å². The molecule has 122 valence electrons. The molecule has 3 aliphatic rings. The van der Waals surface area contributed by atoms with Crippen LogP contribution in [0.15, 0.2) is 35.2 Å². The molecule has 5 atom stereocenters. The maximum atomic E-state index is 12.6.